The number of para-hydroxylation sites is 1. The summed E-state index contributed by atoms with van der Waals surface area (Å²) in [7, 11) is 0. The van der Waals surface area contributed by atoms with Crippen LogP contribution in [0.2, 0.25) is 0 Å². The molecule has 4 N–H and O–H groups in total. The highest BCUT2D eigenvalue weighted by atomic mass is 19.3. The zero-order valence-corrected chi connectivity index (χ0v) is 30.0. The second-order valence-electron chi connectivity index (χ2n) is 13.9. The number of likely N-dealkylation sites (tertiary alicyclic amines) is 1. The summed E-state index contributed by atoms with van der Waals surface area (Å²) >= 11 is 0. The summed E-state index contributed by atoms with van der Waals surface area (Å²) in [4.78, 5) is 66.3. The summed E-state index contributed by atoms with van der Waals surface area (Å²) in [5.74, 6) is -3.56. The third kappa shape index (κ3) is 10.8. The zero-order valence-electron chi connectivity index (χ0n) is 30.0. The van der Waals surface area contributed by atoms with Crippen molar-refractivity contribution >= 4 is 40.7 Å². The zero-order chi connectivity index (χ0) is 37.9. The molecule has 282 valence electrons. The summed E-state index contributed by atoms with van der Waals surface area (Å²) in [5.41, 5.74) is 2.55. The Hall–Kier alpha value is -5.01. The molecule has 12 nitrogen and oxygen atoms in total. The van der Waals surface area contributed by atoms with Gasteiger partial charge >= 0.3 is 12.1 Å². The Morgan fingerprint density at radius 1 is 0.962 bits per heavy atom. The van der Waals surface area contributed by atoms with Gasteiger partial charge in [0.15, 0.2) is 0 Å². The highest BCUT2D eigenvalue weighted by Gasteiger charge is 2.44. The molecule has 2 aromatic carbocycles. The van der Waals surface area contributed by atoms with Crippen molar-refractivity contribution in [2.45, 2.75) is 90.4 Å². The molecule has 52 heavy (non-hydrogen) atoms. The minimum absolute atomic E-state index is 0.0696. The van der Waals surface area contributed by atoms with Gasteiger partial charge in [0, 0.05) is 49.1 Å². The molecule has 4 rings (SSSR count). The lowest BCUT2D eigenvalue weighted by molar-refractivity contribution is -0.141. The smallest absolute Gasteiger partial charge is 0.407 e. The molecule has 3 aromatic rings. The molecule has 0 spiro atoms. The van der Waals surface area contributed by atoms with Crippen molar-refractivity contribution in [3.8, 4) is 0 Å². The normalized spacial score (nSPS) is 17.0. The van der Waals surface area contributed by atoms with Crippen LogP contribution in [-0.2, 0) is 36.9 Å². The highest BCUT2D eigenvalue weighted by molar-refractivity contribution is 5.94. The Labute approximate surface area is 302 Å². The molecule has 1 aliphatic rings. The van der Waals surface area contributed by atoms with Crippen molar-refractivity contribution in [1.82, 2.24) is 25.4 Å². The number of ether oxygens (including phenoxy) is 1. The molecule has 0 bridgehead atoms. The molecular formula is C38H49F2N5O7. The van der Waals surface area contributed by atoms with Gasteiger partial charge < -0.3 is 35.3 Å². The van der Waals surface area contributed by atoms with Gasteiger partial charge in [0.2, 0.25) is 24.1 Å². The van der Waals surface area contributed by atoms with Crippen LogP contribution >= 0.6 is 0 Å². The number of aliphatic carboxylic acids is 1. The predicted molar refractivity (Wildman–Crippen MR) is 191 cm³/mol. The summed E-state index contributed by atoms with van der Waals surface area (Å²) in [6.45, 7) is 7.88. The van der Waals surface area contributed by atoms with Crippen LogP contribution in [0.5, 0.6) is 0 Å². The summed E-state index contributed by atoms with van der Waals surface area (Å²) in [6.07, 6.45) is -2.36. The van der Waals surface area contributed by atoms with Crippen LogP contribution in [0.3, 0.4) is 0 Å². The monoisotopic (exact) mass is 725 g/mol. The first-order valence-corrected chi connectivity index (χ1v) is 17.7. The number of nitrogens with zero attached hydrogens (tertiary/aromatic N) is 2. The SMILES string of the molecule is CC(C)COC(=O)N[C@H](C(=O)N1C[C@H](c2ccccc2)C[C@H]1C(=O)N[C@@H](CC(F)F)C(=O)NCCc1cn(CCC(=O)O)c2ccccc12)C(C)C. The molecule has 4 atom stereocenters. The standard InChI is InChI=1S/C38H49F2N5O7/c1-23(2)22-52-38(51)43-34(24(3)4)37(50)45-21-27(25-10-6-5-7-11-25)18-31(45)36(49)42-29(19-32(39)40)35(48)41-16-14-26-20-44(17-15-33(46)47)30-13-9-8-12-28(26)30/h5-13,20,23-24,27,29,31-32,34H,14-19,21-22H2,1-4H3,(H,41,48)(H,42,49)(H,43,51)(H,46,47)/t27-,29+,31+,34+/m1/s1. The first-order chi connectivity index (χ1) is 24.7. The lowest BCUT2D eigenvalue weighted by atomic mass is 9.96. The topological polar surface area (TPSA) is 159 Å². The molecule has 0 aliphatic carbocycles. The first kappa shape index (κ1) is 39.8. The number of aryl methyl sites for hydroxylation is 1. The maximum Gasteiger partial charge on any atom is 0.407 e. The second kappa shape index (κ2) is 18.5. The van der Waals surface area contributed by atoms with E-state index < -0.39 is 60.8 Å². The van der Waals surface area contributed by atoms with Crippen molar-refractivity contribution in [3.05, 3.63) is 71.9 Å². The maximum absolute atomic E-state index is 14.0. The predicted octanol–water partition coefficient (Wildman–Crippen LogP) is 4.71. The second-order valence-corrected chi connectivity index (χ2v) is 13.9. The molecular weight excluding hydrogens is 676 g/mol. The average Bonchev–Trinajstić information content (AvgIpc) is 3.71. The number of fused-ring (bicyclic) bond motifs is 1. The Balaban J connectivity index is 1.49. The number of carbonyl (C=O) groups is 5. The van der Waals surface area contributed by atoms with E-state index in [2.05, 4.69) is 16.0 Å². The molecule has 0 unspecified atom stereocenters. The van der Waals surface area contributed by atoms with Crippen LogP contribution in [-0.4, -0.2) is 88.6 Å². The van der Waals surface area contributed by atoms with E-state index in [1.807, 2.05) is 79.2 Å². The van der Waals surface area contributed by atoms with E-state index in [0.717, 1.165) is 22.0 Å². The van der Waals surface area contributed by atoms with E-state index in [-0.39, 0.29) is 56.8 Å². The number of nitrogens with one attached hydrogen (secondary N) is 3. The van der Waals surface area contributed by atoms with Crippen LogP contribution < -0.4 is 16.0 Å². The number of alkyl halides is 2. The Morgan fingerprint density at radius 3 is 2.31 bits per heavy atom. The van der Waals surface area contributed by atoms with E-state index in [4.69, 9.17) is 9.84 Å². The number of aromatic nitrogens is 1. The van der Waals surface area contributed by atoms with E-state index >= 15 is 0 Å². The average molecular weight is 726 g/mol. The summed E-state index contributed by atoms with van der Waals surface area (Å²) in [6, 6.07) is 13.0. The molecule has 4 amide bonds. The number of carboxylic acid groups (broad SMARTS) is 1. The fraction of sp³-hybridized carbons (Fsp3) is 0.500. The molecule has 0 saturated carbocycles. The lowest BCUT2D eigenvalue weighted by Gasteiger charge is -2.31. The minimum atomic E-state index is -2.91. The van der Waals surface area contributed by atoms with Crippen molar-refractivity contribution in [2.75, 3.05) is 19.7 Å². The Morgan fingerprint density at radius 2 is 1.65 bits per heavy atom. The minimum Gasteiger partial charge on any atom is -0.481 e. The molecule has 14 heteroatoms. The number of alkyl carbamates (subject to hydrolysis) is 1. The Bertz CT molecular complexity index is 1700. The Kier molecular flexibility index (Phi) is 14.1. The van der Waals surface area contributed by atoms with E-state index in [1.54, 1.807) is 13.8 Å². The van der Waals surface area contributed by atoms with Crippen LogP contribution in [0.1, 0.15) is 64.0 Å². The molecule has 1 aromatic heterocycles. The molecule has 1 aliphatic heterocycles. The van der Waals surface area contributed by atoms with Gasteiger partial charge in [-0.05, 0) is 41.9 Å². The van der Waals surface area contributed by atoms with Crippen molar-refractivity contribution in [2.24, 2.45) is 11.8 Å². The fourth-order valence-corrected chi connectivity index (χ4v) is 6.44. The number of hydrogen-bond donors (Lipinski definition) is 4. The van der Waals surface area contributed by atoms with Gasteiger partial charge in [-0.3, -0.25) is 19.2 Å². The number of carboxylic acids is 1. The third-order valence-electron chi connectivity index (χ3n) is 9.09. The summed E-state index contributed by atoms with van der Waals surface area (Å²) in [5, 5.41) is 17.8. The number of rotatable bonds is 17. The van der Waals surface area contributed by atoms with Crippen molar-refractivity contribution < 1.29 is 42.6 Å². The number of benzene rings is 2. The number of amides is 4. The van der Waals surface area contributed by atoms with Gasteiger partial charge in [-0.1, -0.05) is 76.2 Å². The van der Waals surface area contributed by atoms with Gasteiger partial charge in [-0.15, -0.1) is 0 Å². The summed E-state index contributed by atoms with van der Waals surface area (Å²) < 4.78 is 34.6. The highest BCUT2D eigenvalue weighted by Crippen LogP contribution is 2.33. The van der Waals surface area contributed by atoms with Gasteiger partial charge in [-0.25, -0.2) is 13.6 Å². The van der Waals surface area contributed by atoms with Crippen molar-refractivity contribution in [3.63, 3.8) is 0 Å². The van der Waals surface area contributed by atoms with Crippen molar-refractivity contribution in [1.29, 1.82) is 0 Å². The molecule has 0 radical (unpaired) electrons. The van der Waals surface area contributed by atoms with Crippen LogP contribution in [0, 0.1) is 11.8 Å². The number of hydrogen-bond acceptors (Lipinski definition) is 6. The number of carbonyl (C=O) groups excluding carboxylic acids is 4. The first-order valence-electron chi connectivity index (χ1n) is 17.7. The largest absolute Gasteiger partial charge is 0.481 e. The van der Waals surface area contributed by atoms with Crippen LogP contribution in [0.4, 0.5) is 13.6 Å². The lowest BCUT2D eigenvalue weighted by Crippen LogP contribution is -2.57. The molecule has 1 fully saturated rings. The van der Waals surface area contributed by atoms with Crippen LogP contribution in [0.15, 0.2) is 60.8 Å². The quantitative estimate of drug-likeness (QED) is 0.157. The molecule has 2 heterocycles. The van der Waals surface area contributed by atoms with Gasteiger partial charge in [0.05, 0.1) is 13.0 Å². The molecule has 1 saturated heterocycles. The van der Waals surface area contributed by atoms with Gasteiger partial charge in [-0.2, -0.15) is 0 Å². The van der Waals surface area contributed by atoms with Gasteiger partial charge in [0.25, 0.3) is 0 Å². The number of halogens is 2. The van der Waals surface area contributed by atoms with Gasteiger partial charge in [0.1, 0.15) is 18.1 Å². The van der Waals surface area contributed by atoms with E-state index in [0.29, 0.717) is 6.42 Å². The fourth-order valence-electron chi connectivity index (χ4n) is 6.44. The van der Waals surface area contributed by atoms with E-state index in [1.165, 1.54) is 4.90 Å². The van der Waals surface area contributed by atoms with Crippen LogP contribution in [0.25, 0.3) is 10.9 Å². The van der Waals surface area contributed by atoms with E-state index in [9.17, 15) is 32.8 Å². The maximum atomic E-state index is 14.0. The third-order valence-corrected chi connectivity index (χ3v) is 9.09.